The molecule has 0 spiro atoms. The molecule has 0 saturated carbocycles. The lowest BCUT2D eigenvalue weighted by atomic mass is 10.2. The molecule has 8 heteroatoms. The summed E-state index contributed by atoms with van der Waals surface area (Å²) in [7, 11) is -4.51. The van der Waals surface area contributed by atoms with Gasteiger partial charge in [0, 0.05) is 0 Å². The van der Waals surface area contributed by atoms with Gasteiger partial charge in [-0.25, -0.2) is 0 Å². The molecule has 5 N–H and O–H groups in total. The van der Waals surface area contributed by atoms with Gasteiger partial charge in [-0.1, -0.05) is 0 Å². The van der Waals surface area contributed by atoms with Gasteiger partial charge in [0.2, 0.25) is 0 Å². The molecule has 7 nitrogen and oxygen atoms in total. The Kier molecular flexibility index (Phi) is 3.01. The van der Waals surface area contributed by atoms with Crippen LogP contribution in [0.25, 0.3) is 0 Å². The maximum atomic E-state index is 11.0. The molecule has 0 aliphatic carbocycles. The lowest BCUT2D eigenvalue weighted by Gasteiger charge is -2.15. The normalized spacial score (nSPS) is 12.2. The summed E-state index contributed by atoms with van der Waals surface area (Å²) in [6, 6.07) is 0. The zero-order valence-corrected chi connectivity index (χ0v) is 8.00. The summed E-state index contributed by atoms with van der Waals surface area (Å²) >= 11 is 0. The minimum absolute atomic E-state index is 0.554. The smallest absolute Gasteiger partial charge is 0.279 e. The van der Waals surface area contributed by atoms with Crippen LogP contribution in [0.5, 0.6) is 0 Å². The third-order valence-corrected chi connectivity index (χ3v) is 2.85. The standard InChI is InChI=1S/C5H11N3O4S/c1-5(2,13(10,11)12)3(9)8-4(6)7/h1-2H3,(H,10,11,12)(H4,6,7,8,9). The first-order valence-corrected chi connectivity index (χ1v) is 4.64. The summed E-state index contributed by atoms with van der Waals surface area (Å²) in [4.78, 5) is 14.0. The first kappa shape index (κ1) is 11.8. The molecule has 0 bridgehead atoms. The molecule has 0 aromatic carbocycles. The molecule has 0 aliphatic heterocycles. The molecule has 76 valence electrons. The van der Waals surface area contributed by atoms with Gasteiger partial charge in [-0.05, 0) is 13.8 Å². The van der Waals surface area contributed by atoms with Crippen LogP contribution in [0.1, 0.15) is 13.8 Å². The van der Waals surface area contributed by atoms with E-state index in [1.54, 1.807) is 0 Å². The molecule has 0 rings (SSSR count). The summed E-state index contributed by atoms with van der Waals surface area (Å²) in [6.07, 6.45) is 0. The molecule has 0 aromatic heterocycles. The number of rotatable bonds is 2. The van der Waals surface area contributed by atoms with E-state index < -0.39 is 26.7 Å². The van der Waals surface area contributed by atoms with Gasteiger partial charge in [0.15, 0.2) is 10.7 Å². The SMILES string of the molecule is CC(C)(C(=O)N=C(N)N)S(=O)(=O)O. The number of nitrogens with zero attached hydrogens (tertiary/aromatic N) is 1. The second-order valence-corrected chi connectivity index (χ2v) is 4.80. The molecule has 0 atom stereocenters. The molecule has 0 saturated heterocycles. The van der Waals surface area contributed by atoms with Gasteiger partial charge in [0.25, 0.3) is 16.0 Å². The van der Waals surface area contributed by atoms with Crippen molar-refractivity contribution in [3.8, 4) is 0 Å². The van der Waals surface area contributed by atoms with Gasteiger partial charge in [-0.3, -0.25) is 9.35 Å². The lowest BCUT2D eigenvalue weighted by Crippen LogP contribution is -2.41. The number of hydrogen-bond acceptors (Lipinski definition) is 3. The van der Waals surface area contributed by atoms with Crippen LogP contribution in [0.3, 0.4) is 0 Å². The molecule has 0 fully saturated rings. The molecule has 0 aromatic rings. The molecular weight excluding hydrogens is 198 g/mol. The molecule has 0 aliphatic rings. The third kappa shape index (κ3) is 2.67. The fourth-order valence-electron chi connectivity index (χ4n) is 0.362. The van der Waals surface area contributed by atoms with Crippen LogP contribution in [-0.4, -0.2) is 29.6 Å². The van der Waals surface area contributed by atoms with E-state index in [0.29, 0.717) is 0 Å². The van der Waals surface area contributed by atoms with Crippen LogP contribution < -0.4 is 11.5 Å². The molecule has 13 heavy (non-hydrogen) atoms. The highest BCUT2D eigenvalue weighted by atomic mass is 32.2. The Morgan fingerprint density at radius 2 is 1.77 bits per heavy atom. The Balaban J connectivity index is 5.10. The van der Waals surface area contributed by atoms with Crippen LogP contribution in [0.4, 0.5) is 0 Å². The van der Waals surface area contributed by atoms with Crippen LogP contribution in [0.15, 0.2) is 4.99 Å². The van der Waals surface area contributed by atoms with Gasteiger partial charge in [0.05, 0.1) is 0 Å². The Labute approximate surface area is 75.6 Å². The van der Waals surface area contributed by atoms with Gasteiger partial charge >= 0.3 is 0 Å². The van der Waals surface area contributed by atoms with E-state index in [1.165, 1.54) is 0 Å². The maximum Gasteiger partial charge on any atom is 0.279 e. The maximum absolute atomic E-state index is 11.0. The van der Waals surface area contributed by atoms with E-state index in [4.69, 9.17) is 16.0 Å². The predicted molar refractivity (Wildman–Crippen MR) is 46.4 cm³/mol. The second kappa shape index (κ2) is 3.30. The minimum Gasteiger partial charge on any atom is -0.370 e. The first-order chi connectivity index (χ1) is 5.59. The number of carbonyl (C=O) groups is 1. The second-order valence-electron chi connectivity index (χ2n) is 2.83. The monoisotopic (exact) mass is 209 g/mol. The molecule has 0 radical (unpaired) electrons. The van der Waals surface area contributed by atoms with Crippen molar-refractivity contribution in [3.05, 3.63) is 0 Å². The molecular formula is C5H11N3O4S. The van der Waals surface area contributed by atoms with Crippen molar-refractivity contribution in [1.82, 2.24) is 0 Å². The zero-order chi connectivity index (χ0) is 10.9. The van der Waals surface area contributed by atoms with Crippen molar-refractivity contribution in [2.45, 2.75) is 18.6 Å². The van der Waals surface area contributed by atoms with Gasteiger partial charge in [-0.2, -0.15) is 13.4 Å². The highest BCUT2D eigenvalue weighted by molar-refractivity contribution is 7.88. The van der Waals surface area contributed by atoms with Crippen molar-refractivity contribution in [3.63, 3.8) is 0 Å². The fraction of sp³-hybridized carbons (Fsp3) is 0.600. The van der Waals surface area contributed by atoms with Gasteiger partial charge < -0.3 is 11.5 Å². The topological polar surface area (TPSA) is 136 Å². The van der Waals surface area contributed by atoms with Crippen molar-refractivity contribution in [1.29, 1.82) is 0 Å². The van der Waals surface area contributed by atoms with E-state index in [-0.39, 0.29) is 0 Å². The average Bonchev–Trinajstić information content (AvgIpc) is 1.82. The van der Waals surface area contributed by atoms with Crippen molar-refractivity contribution in [2.24, 2.45) is 16.5 Å². The third-order valence-electron chi connectivity index (χ3n) is 1.39. The Hall–Kier alpha value is -1.15. The summed E-state index contributed by atoms with van der Waals surface area (Å²) in [5.74, 6) is -1.67. The highest BCUT2D eigenvalue weighted by Gasteiger charge is 2.40. The highest BCUT2D eigenvalue weighted by Crippen LogP contribution is 2.16. The van der Waals surface area contributed by atoms with Crippen LogP contribution in [0.2, 0.25) is 0 Å². The number of carbonyl (C=O) groups excluding carboxylic acids is 1. The summed E-state index contributed by atoms with van der Waals surface area (Å²) in [6.45, 7) is 1.99. The number of hydrogen-bond donors (Lipinski definition) is 3. The predicted octanol–water partition coefficient (Wildman–Crippen LogP) is -1.55. The van der Waals surface area contributed by atoms with Crippen molar-refractivity contribution < 1.29 is 17.8 Å². The van der Waals surface area contributed by atoms with E-state index >= 15 is 0 Å². The quantitative estimate of drug-likeness (QED) is 0.286. The van der Waals surface area contributed by atoms with Gasteiger partial charge in [0.1, 0.15) is 0 Å². The van der Waals surface area contributed by atoms with Gasteiger partial charge in [-0.15, -0.1) is 0 Å². The molecule has 0 unspecified atom stereocenters. The van der Waals surface area contributed by atoms with Crippen LogP contribution in [0, 0.1) is 0 Å². The number of guanidine groups is 1. The summed E-state index contributed by atoms with van der Waals surface area (Å²) < 4.78 is 27.9. The Morgan fingerprint density at radius 1 is 1.38 bits per heavy atom. The Morgan fingerprint density at radius 3 is 2.00 bits per heavy atom. The summed E-state index contributed by atoms with van der Waals surface area (Å²) in [5, 5.41) is 0. The van der Waals surface area contributed by atoms with E-state index in [1.807, 2.05) is 0 Å². The zero-order valence-electron chi connectivity index (χ0n) is 7.18. The molecule has 1 amide bonds. The first-order valence-electron chi connectivity index (χ1n) is 3.20. The van der Waals surface area contributed by atoms with Crippen LogP contribution in [-0.2, 0) is 14.9 Å². The van der Waals surface area contributed by atoms with Crippen molar-refractivity contribution in [2.75, 3.05) is 0 Å². The Bertz CT molecular complexity index is 339. The fourth-order valence-corrected chi connectivity index (χ4v) is 0.629. The minimum atomic E-state index is -4.51. The van der Waals surface area contributed by atoms with Crippen LogP contribution >= 0.6 is 0 Å². The summed E-state index contributed by atoms with van der Waals surface area (Å²) in [5.41, 5.74) is 9.73. The van der Waals surface area contributed by atoms with E-state index in [9.17, 15) is 13.2 Å². The number of aliphatic imine (C=N–C) groups is 1. The number of amides is 1. The van der Waals surface area contributed by atoms with Crippen molar-refractivity contribution >= 4 is 22.0 Å². The average molecular weight is 209 g/mol. The van der Waals surface area contributed by atoms with E-state index in [2.05, 4.69) is 4.99 Å². The molecule has 0 heterocycles. The number of nitrogens with two attached hydrogens (primary N) is 2. The largest absolute Gasteiger partial charge is 0.370 e. The van der Waals surface area contributed by atoms with E-state index in [0.717, 1.165) is 13.8 Å². The lowest BCUT2D eigenvalue weighted by molar-refractivity contribution is -0.119.